The minimum atomic E-state index is 0. The van der Waals surface area contributed by atoms with E-state index < -0.39 is 0 Å². The van der Waals surface area contributed by atoms with Gasteiger partial charge in [-0.05, 0) is 27.7 Å². The van der Waals surface area contributed by atoms with Crippen molar-refractivity contribution in [2.24, 2.45) is 11.8 Å². The Kier molecular flexibility index (Phi) is 24.2. The summed E-state index contributed by atoms with van der Waals surface area (Å²) < 4.78 is 2.83. The molecular weight excluding hydrogens is 1120 g/mol. The average Bonchev–Trinajstić information content (AvgIpc) is 4.13. The predicted molar refractivity (Wildman–Crippen MR) is 316 cm³/mol. The quantitative estimate of drug-likeness (QED) is 0.154. The van der Waals surface area contributed by atoms with E-state index in [1.807, 2.05) is 0 Å². The monoisotopic (exact) mass is 1180 g/mol. The molecule has 0 aromatic heterocycles. The van der Waals surface area contributed by atoms with Crippen molar-refractivity contribution in [3.05, 3.63) is 297 Å². The molecular formula is C72H68Cl2Zr2-2. The van der Waals surface area contributed by atoms with Crippen molar-refractivity contribution < 1.29 is 73.3 Å². The van der Waals surface area contributed by atoms with E-state index in [4.69, 9.17) is 0 Å². The summed E-state index contributed by atoms with van der Waals surface area (Å²) in [6.07, 6.45) is 11.0. The summed E-state index contributed by atoms with van der Waals surface area (Å²) in [5, 5.41) is 10.9. The summed E-state index contributed by atoms with van der Waals surface area (Å²) in [5.41, 5.74) is 16.0. The van der Waals surface area contributed by atoms with Crippen molar-refractivity contribution in [3.8, 4) is 0 Å². The maximum atomic E-state index is 3.29. The maximum absolute atomic E-state index is 3.29. The third-order valence-electron chi connectivity index (χ3n) is 13.4. The molecule has 4 heteroatoms. The third kappa shape index (κ3) is 17.3. The number of allylic oxidation sites excluding steroid dienone is 8. The van der Waals surface area contributed by atoms with Gasteiger partial charge in [0.2, 0.25) is 0 Å². The van der Waals surface area contributed by atoms with Crippen molar-refractivity contribution in [1.82, 2.24) is 0 Å². The number of fused-ring (bicyclic) bond motifs is 6. The molecule has 0 N–H and O–H groups in total. The van der Waals surface area contributed by atoms with E-state index in [-0.39, 0.29) is 24.8 Å². The van der Waals surface area contributed by atoms with Crippen LogP contribution in [0.5, 0.6) is 0 Å². The number of hydrogen-bond donors (Lipinski definition) is 0. The second-order valence-electron chi connectivity index (χ2n) is 19.7. The van der Waals surface area contributed by atoms with Gasteiger partial charge < -0.3 is 24.8 Å². The molecule has 0 radical (unpaired) electrons. The summed E-state index contributed by atoms with van der Waals surface area (Å²) in [7, 11) is 0. The number of aryl methyl sites for hydroxylation is 4. The fraction of sp³-hybridized carbons (Fsp3) is 0.167. The normalized spacial score (nSPS) is 13.9. The second kappa shape index (κ2) is 29.9. The third-order valence-corrected chi connectivity index (χ3v) is 16.2. The Balaban J connectivity index is 0.000000170. The van der Waals surface area contributed by atoms with Gasteiger partial charge >= 0.3 is 198 Å². The van der Waals surface area contributed by atoms with Gasteiger partial charge in [0.1, 0.15) is 0 Å². The molecule has 2 unspecified atom stereocenters. The van der Waals surface area contributed by atoms with E-state index in [0.29, 0.717) is 11.8 Å². The van der Waals surface area contributed by atoms with Crippen molar-refractivity contribution >= 4 is 49.5 Å². The van der Waals surface area contributed by atoms with E-state index >= 15 is 0 Å². The molecule has 10 aromatic carbocycles. The minimum absolute atomic E-state index is 0. The Morgan fingerprint density at radius 3 is 0.737 bits per heavy atom. The molecule has 12 rings (SSSR count). The molecule has 76 heavy (non-hydrogen) atoms. The molecule has 0 amide bonds. The number of benzene rings is 8. The summed E-state index contributed by atoms with van der Waals surface area (Å²) in [4.78, 5) is 0. The van der Waals surface area contributed by atoms with Crippen LogP contribution in [-0.4, -0.2) is 6.41 Å². The first kappa shape index (κ1) is 61.4. The van der Waals surface area contributed by atoms with Crippen LogP contribution in [0.15, 0.2) is 241 Å². The van der Waals surface area contributed by atoms with Crippen molar-refractivity contribution in [2.75, 3.05) is 0 Å². The summed E-state index contributed by atoms with van der Waals surface area (Å²) in [6.45, 7) is 21.3. The Hall–Kier alpha value is -5.45. The topological polar surface area (TPSA) is 0 Å². The van der Waals surface area contributed by atoms with Gasteiger partial charge in [-0.2, -0.15) is 12.2 Å². The number of rotatable bonds is 4. The Morgan fingerprint density at radius 2 is 0.566 bits per heavy atom. The van der Waals surface area contributed by atoms with Crippen LogP contribution < -0.4 is 24.8 Å². The molecule has 0 nitrogen and oxygen atoms in total. The fourth-order valence-corrected chi connectivity index (χ4v) is 10.9. The molecule has 0 heterocycles. The van der Waals surface area contributed by atoms with Crippen LogP contribution in [0.25, 0.3) is 43.1 Å². The Labute approximate surface area is 496 Å². The fourth-order valence-electron chi connectivity index (χ4n) is 9.27. The van der Waals surface area contributed by atoms with E-state index in [1.165, 1.54) is 165 Å². The first-order valence-corrected chi connectivity index (χ1v) is 28.2. The van der Waals surface area contributed by atoms with E-state index in [0.717, 1.165) is 0 Å². The molecule has 10 aromatic rings. The zero-order valence-corrected chi connectivity index (χ0v) is 52.1. The van der Waals surface area contributed by atoms with Gasteiger partial charge in [-0.15, -0.1) is 93.3 Å². The SMILES string of the molecule is CC1=[C-]C(C)C=C1C.CC1=[C-]C(C)C=C1C.Cc1ccc2c(c1)[cH-]c1cc(C)ccc12.Cc1ccc2c(c1)[cH-]c1cc(C)ccc12.[Cl-].[Cl-].[Zr+2]=[C](c1ccccc1)c1ccccc1.[Zr+2]=[C](c1ccccc1)c1ccccc1. The van der Waals surface area contributed by atoms with Crippen LogP contribution in [0.2, 0.25) is 0 Å². The molecule has 0 bridgehead atoms. The van der Waals surface area contributed by atoms with Crippen LogP contribution in [0, 0.1) is 51.7 Å². The standard InChI is InChI=1S/2C15H13.2C13H10.2C8H11.2ClH.2Zr/c2*1-10-3-5-14-12(7-10)9-13-8-11(2)4-6-15(13)14;2*1-3-7-12(8-4-1)11-13-9-5-2-6-10-13;2*1-6-4-7(2)8(3)5-6;;;;/h2*3-9H,1-2H3;2*1-10H;2*4,6H,1-3H3;2*1H;;/q2*-1;;;2*-1;;;2*+2/p-2. The van der Waals surface area contributed by atoms with Gasteiger partial charge in [0.15, 0.2) is 0 Å². The Bertz CT molecular complexity index is 3150. The summed E-state index contributed by atoms with van der Waals surface area (Å²) in [6, 6.07) is 73.4. The molecule has 2 aliphatic carbocycles. The zero-order valence-electron chi connectivity index (χ0n) is 45.7. The first-order valence-electron chi connectivity index (χ1n) is 25.7. The molecule has 0 spiro atoms. The molecule has 0 fully saturated rings. The van der Waals surface area contributed by atoms with Crippen molar-refractivity contribution in [3.63, 3.8) is 0 Å². The van der Waals surface area contributed by atoms with Gasteiger partial charge in [0.05, 0.1) is 0 Å². The summed E-state index contributed by atoms with van der Waals surface area (Å²) >= 11 is 2.92. The summed E-state index contributed by atoms with van der Waals surface area (Å²) in [5.74, 6) is 1.10. The van der Waals surface area contributed by atoms with Crippen molar-refractivity contribution in [2.45, 2.75) is 69.2 Å². The van der Waals surface area contributed by atoms with Gasteiger partial charge in [-0.25, -0.2) is 22.3 Å². The Morgan fingerprint density at radius 1 is 0.342 bits per heavy atom. The second-order valence-corrected chi connectivity index (χ2v) is 22.1. The molecule has 0 saturated carbocycles. The molecule has 2 aliphatic rings. The van der Waals surface area contributed by atoms with Crippen LogP contribution >= 0.6 is 0 Å². The molecule has 0 saturated heterocycles. The number of hydrogen-bond acceptors (Lipinski definition) is 0. The first-order chi connectivity index (χ1) is 35.6. The van der Waals surface area contributed by atoms with Crippen LogP contribution in [0.1, 0.15) is 86.1 Å². The molecule has 380 valence electrons. The van der Waals surface area contributed by atoms with E-state index in [9.17, 15) is 0 Å². The van der Waals surface area contributed by atoms with Crippen LogP contribution in [-0.2, 0) is 48.5 Å². The van der Waals surface area contributed by atoms with E-state index in [2.05, 4.69) is 300 Å². The van der Waals surface area contributed by atoms with Crippen LogP contribution in [0.3, 0.4) is 0 Å². The van der Waals surface area contributed by atoms with Gasteiger partial charge in [0, 0.05) is 0 Å². The number of halogens is 2. The average molecular weight is 1190 g/mol. The molecule has 0 aliphatic heterocycles. The van der Waals surface area contributed by atoms with Gasteiger partial charge in [-0.3, -0.25) is 12.2 Å². The molecule has 2 atom stereocenters. The van der Waals surface area contributed by atoms with Crippen molar-refractivity contribution in [1.29, 1.82) is 0 Å². The zero-order chi connectivity index (χ0) is 52.7. The van der Waals surface area contributed by atoms with Crippen LogP contribution in [0.4, 0.5) is 0 Å². The predicted octanol–water partition coefficient (Wildman–Crippen LogP) is 12.9. The van der Waals surface area contributed by atoms with Gasteiger partial charge in [0.25, 0.3) is 0 Å². The van der Waals surface area contributed by atoms with E-state index in [1.54, 1.807) is 0 Å². The van der Waals surface area contributed by atoms with Gasteiger partial charge in [-0.1, -0.05) is 110 Å².